The van der Waals surface area contributed by atoms with Crippen molar-refractivity contribution in [3.63, 3.8) is 0 Å². The number of carboxylic acid groups (broad SMARTS) is 1. The van der Waals surface area contributed by atoms with Crippen molar-refractivity contribution in [1.82, 2.24) is 5.32 Å². The standard InChI is InChI=1S/C16H18FNO3/c1-16(15(20)21,10-4-5-10)18-14(19)13-8-12(13)9-2-6-11(17)7-3-9/h2-3,6-7,10,12-13H,4-5,8H2,1H3,(H,18,19)(H,20,21)/t12-,13-,16+/m0/s1. The minimum atomic E-state index is -1.16. The molecule has 3 rings (SSSR count). The van der Waals surface area contributed by atoms with Crippen LogP contribution in [0.5, 0.6) is 0 Å². The van der Waals surface area contributed by atoms with E-state index in [2.05, 4.69) is 5.32 Å². The zero-order valence-electron chi connectivity index (χ0n) is 11.8. The molecule has 0 radical (unpaired) electrons. The fraction of sp³-hybridized carbons (Fsp3) is 0.500. The van der Waals surface area contributed by atoms with Crippen LogP contribution < -0.4 is 5.32 Å². The largest absolute Gasteiger partial charge is 0.480 e. The molecule has 0 aromatic heterocycles. The number of hydrogen-bond donors (Lipinski definition) is 2. The van der Waals surface area contributed by atoms with E-state index in [-0.39, 0.29) is 29.5 Å². The number of carbonyl (C=O) groups is 2. The van der Waals surface area contributed by atoms with E-state index in [1.165, 1.54) is 12.1 Å². The molecule has 1 aromatic rings. The number of rotatable bonds is 5. The molecule has 112 valence electrons. The molecule has 2 fully saturated rings. The van der Waals surface area contributed by atoms with Gasteiger partial charge in [-0.2, -0.15) is 0 Å². The van der Waals surface area contributed by atoms with Crippen molar-refractivity contribution >= 4 is 11.9 Å². The maximum atomic E-state index is 12.9. The van der Waals surface area contributed by atoms with Crippen LogP contribution in [-0.2, 0) is 9.59 Å². The quantitative estimate of drug-likeness (QED) is 0.874. The van der Waals surface area contributed by atoms with Crippen molar-refractivity contribution in [2.24, 2.45) is 11.8 Å². The van der Waals surface area contributed by atoms with Gasteiger partial charge in [0.25, 0.3) is 0 Å². The van der Waals surface area contributed by atoms with Gasteiger partial charge in [0.05, 0.1) is 0 Å². The van der Waals surface area contributed by atoms with Crippen molar-refractivity contribution in [3.8, 4) is 0 Å². The van der Waals surface area contributed by atoms with E-state index in [1.54, 1.807) is 19.1 Å². The number of hydrogen-bond acceptors (Lipinski definition) is 2. The second-order valence-corrected chi connectivity index (χ2v) is 6.27. The number of carbonyl (C=O) groups excluding carboxylic acids is 1. The molecule has 2 aliphatic rings. The Kier molecular flexibility index (Phi) is 3.23. The number of nitrogens with one attached hydrogen (secondary N) is 1. The molecule has 0 heterocycles. The minimum absolute atomic E-state index is 0.0296. The van der Waals surface area contributed by atoms with E-state index in [0.29, 0.717) is 6.42 Å². The molecule has 2 N–H and O–H groups in total. The molecule has 5 heteroatoms. The summed E-state index contributed by atoms with van der Waals surface area (Å²) in [6.07, 6.45) is 2.38. The summed E-state index contributed by atoms with van der Waals surface area (Å²) in [5.74, 6) is -1.58. The van der Waals surface area contributed by atoms with Crippen LogP contribution in [0.1, 0.15) is 37.7 Å². The van der Waals surface area contributed by atoms with E-state index < -0.39 is 11.5 Å². The van der Waals surface area contributed by atoms with E-state index >= 15 is 0 Å². The van der Waals surface area contributed by atoms with Crippen LogP contribution in [0.4, 0.5) is 4.39 Å². The molecule has 21 heavy (non-hydrogen) atoms. The number of benzene rings is 1. The van der Waals surface area contributed by atoms with Gasteiger partial charge >= 0.3 is 5.97 Å². The van der Waals surface area contributed by atoms with Crippen LogP contribution in [0.2, 0.25) is 0 Å². The zero-order valence-corrected chi connectivity index (χ0v) is 11.8. The summed E-state index contributed by atoms with van der Waals surface area (Å²) >= 11 is 0. The topological polar surface area (TPSA) is 66.4 Å². The Bertz CT molecular complexity index is 582. The van der Waals surface area contributed by atoms with Gasteiger partial charge in [0, 0.05) is 5.92 Å². The second kappa shape index (κ2) is 4.83. The van der Waals surface area contributed by atoms with Gasteiger partial charge in [0.2, 0.25) is 5.91 Å². The summed E-state index contributed by atoms with van der Waals surface area (Å²) in [7, 11) is 0. The van der Waals surface area contributed by atoms with Crippen LogP contribution in [0.15, 0.2) is 24.3 Å². The van der Waals surface area contributed by atoms with Crippen LogP contribution in [0.25, 0.3) is 0 Å². The summed E-state index contributed by atoms with van der Waals surface area (Å²) in [6.45, 7) is 1.58. The third kappa shape index (κ3) is 2.64. The van der Waals surface area contributed by atoms with Gasteiger partial charge < -0.3 is 10.4 Å². The predicted molar refractivity (Wildman–Crippen MR) is 74.2 cm³/mol. The number of halogens is 1. The Morgan fingerprint density at radius 2 is 1.90 bits per heavy atom. The summed E-state index contributed by atoms with van der Waals surface area (Å²) in [4.78, 5) is 23.7. The minimum Gasteiger partial charge on any atom is -0.480 e. The van der Waals surface area contributed by atoms with Gasteiger partial charge in [-0.1, -0.05) is 12.1 Å². The Morgan fingerprint density at radius 3 is 2.43 bits per heavy atom. The Balaban J connectivity index is 1.65. The monoisotopic (exact) mass is 291 g/mol. The first-order chi connectivity index (χ1) is 9.91. The number of amides is 1. The van der Waals surface area contributed by atoms with Gasteiger partial charge in [-0.05, 0) is 55.7 Å². The zero-order chi connectivity index (χ0) is 15.2. The summed E-state index contributed by atoms with van der Waals surface area (Å²) in [5.41, 5.74) is -0.229. The van der Waals surface area contributed by atoms with Gasteiger partial charge in [0.15, 0.2) is 0 Å². The lowest BCUT2D eigenvalue weighted by Crippen LogP contribution is -2.54. The average Bonchev–Trinajstić information content (AvgIpc) is 3.30. The van der Waals surface area contributed by atoms with Crippen molar-refractivity contribution in [1.29, 1.82) is 0 Å². The Morgan fingerprint density at radius 1 is 1.29 bits per heavy atom. The maximum absolute atomic E-state index is 12.9. The fourth-order valence-corrected chi connectivity index (χ4v) is 2.90. The first-order valence-corrected chi connectivity index (χ1v) is 7.22. The highest BCUT2D eigenvalue weighted by atomic mass is 19.1. The third-order valence-corrected chi connectivity index (χ3v) is 4.65. The molecular weight excluding hydrogens is 273 g/mol. The van der Waals surface area contributed by atoms with Crippen LogP contribution >= 0.6 is 0 Å². The predicted octanol–water partition coefficient (Wildman–Crippen LogP) is 2.30. The van der Waals surface area contributed by atoms with E-state index in [4.69, 9.17) is 0 Å². The van der Waals surface area contributed by atoms with Crippen molar-refractivity contribution < 1.29 is 19.1 Å². The lowest BCUT2D eigenvalue weighted by Gasteiger charge is -2.26. The highest BCUT2D eigenvalue weighted by Gasteiger charge is 2.52. The SMILES string of the molecule is C[C@](NC(=O)[C@H]1C[C@H]1c1ccc(F)cc1)(C(=O)O)C1CC1. The molecule has 0 unspecified atom stereocenters. The molecule has 0 aliphatic heterocycles. The van der Waals surface area contributed by atoms with E-state index in [0.717, 1.165) is 18.4 Å². The first kappa shape index (κ1) is 14.0. The summed E-state index contributed by atoms with van der Waals surface area (Å²) in [5, 5.41) is 12.1. The molecule has 1 aromatic carbocycles. The maximum Gasteiger partial charge on any atom is 0.329 e. The van der Waals surface area contributed by atoms with Crippen molar-refractivity contribution in [2.75, 3.05) is 0 Å². The van der Waals surface area contributed by atoms with Gasteiger partial charge in [-0.3, -0.25) is 4.79 Å². The molecule has 2 saturated carbocycles. The molecule has 0 spiro atoms. The highest BCUT2D eigenvalue weighted by molar-refractivity contribution is 5.90. The van der Waals surface area contributed by atoms with Crippen LogP contribution in [-0.4, -0.2) is 22.5 Å². The summed E-state index contributed by atoms with van der Waals surface area (Å²) < 4.78 is 12.9. The van der Waals surface area contributed by atoms with Crippen molar-refractivity contribution in [3.05, 3.63) is 35.6 Å². The Labute approximate surface area is 122 Å². The fourth-order valence-electron chi connectivity index (χ4n) is 2.90. The second-order valence-electron chi connectivity index (χ2n) is 6.27. The molecule has 0 bridgehead atoms. The van der Waals surface area contributed by atoms with E-state index in [9.17, 15) is 19.1 Å². The normalized spacial score (nSPS) is 26.8. The number of carboxylic acids is 1. The van der Waals surface area contributed by atoms with Gasteiger partial charge in [0.1, 0.15) is 11.4 Å². The lowest BCUT2D eigenvalue weighted by molar-refractivity contribution is -0.148. The van der Waals surface area contributed by atoms with Crippen LogP contribution in [0.3, 0.4) is 0 Å². The summed E-state index contributed by atoms with van der Waals surface area (Å²) in [6, 6.07) is 6.14. The Hall–Kier alpha value is -1.91. The number of aliphatic carboxylic acids is 1. The molecule has 2 aliphatic carbocycles. The third-order valence-electron chi connectivity index (χ3n) is 4.65. The van der Waals surface area contributed by atoms with E-state index in [1.807, 2.05) is 0 Å². The molecule has 3 atom stereocenters. The molecular formula is C16H18FNO3. The smallest absolute Gasteiger partial charge is 0.329 e. The van der Waals surface area contributed by atoms with Gasteiger partial charge in [-0.15, -0.1) is 0 Å². The highest BCUT2D eigenvalue weighted by Crippen LogP contribution is 2.48. The average molecular weight is 291 g/mol. The lowest BCUT2D eigenvalue weighted by atomic mass is 9.95. The molecule has 1 amide bonds. The molecule has 0 saturated heterocycles. The van der Waals surface area contributed by atoms with Gasteiger partial charge in [-0.25, -0.2) is 9.18 Å². The van der Waals surface area contributed by atoms with Crippen molar-refractivity contribution in [2.45, 2.75) is 37.6 Å². The van der Waals surface area contributed by atoms with Crippen LogP contribution in [0, 0.1) is 17.7 Å². The molecule has 4 nitrogen and oxygen atoms in total. The first-order valence-electron chi connectivity index (χ1n) is 7.22.